The van der Waals surface area contributed by atoms with E-state index in [0.717, 1.165) is 19.3 Å². The van der Waals surface area contributed by atoms with Crippen molar-refractivity contribution in [3.8, 4) is 0 Å². The zero-order valence-electron chi connectivity index (χ0n) is 16.5. The van der Waals surface area contributed by atoms with Crippen molar-refractivity contribution in [3.05, 3.63) is 0 Å². The number of esters is 1. The molecule has 0 saturated carbocycles. The number of Topliss-reactive ketones (excluding diaryl/α,β-unsaturated/α-hetero) is 1. The van der Waals surface area contributed by atoms with E-state index >= 15 is 0 Å². The summed E-state index contributed by atoms with van der Waals surface area (Å²) in [6.07, 6.45) is 2.54. The summed E-state index contributed by atoms with van der Waals surface area (Å²) in [6, 6.07) is 0. The lowest BCUT2D eigenvalue weighted by atomic mass is 9.92. The van der Waals surface area contributed by atoms with Gasteiger partial charge in [0.1, 0.15) is 17.8 Å². The number of aliphatic hydroxyl groups is 1. The first-order valence-electron chi connectivity index (χ1n) is 8.81. The normalized spacial score (nSPS) is 15.0. The molecular formula is C19H36O5. The van der Waals surface area contributed by atoms with Gasteiger partial charge in [0.05, 0.1) is 11.7 Å². The molecule has 0 aromatic heterocycles. The molecule has 142 valence electrons. The van der Waals surface area contributed by atoms with Gasteiger partial charge in [-0.3, -0.25) is 9.59 Å². The lowest BCUT2D eigenvalue weighted by molar-refractivity contribution is -0.156. The van der Waals surface area contributed by atoms with Gasteiger partial charge in [-0.15, -0.1) is 0 Å². The molecule has 24 heavy (non-hydrogen) atoms. The van der Waals surface area contributed by atoms with Gasteiger partial charge in [0.2, 0.25) is 0 Å². The topological polar surface area (TPSA) is 72.8 Å². The SMILES string of the molecule is COC(C)(C)CCCC(C)CC(O)CC(=O)CC(=O)OC(C)(C)C. The monoisotopic (exact) mass is 344 g/mol. The summed E-state index contributed by atoms with van der Waals surface area (Å²) in [5, 5.41) is 10.0. The van der Waals surface area contributed by atoms with Crippen molar-refractivity contribution in [2.45, 2.75) is 97.4 Å². The van der Waals surface area contributed by atoms with Gasteiger partial charge < -0.3 is 14.6 Å². The third-order valence-corrected chi connectivity index (χ3v) is 3.93. The molecule has 0 rings (SSSR count). The lowest BCUT2D eigenvalue weighted by Gasteiger charge is -2.24. The Morgan fingerprint density at radius 2 is 1.71 bits per heavy atom. The van der Waals surface area contributed by atoms with E-state index in [1.54, 1.807) is 27.9 Å². The Morgan fingerprint density at radius 3 is 2.21 bits per heavy atom. The van der Waals surface area contributed by atoms with Gasteiger partial charge in [0, 0.05) is 13.5 Å². The number of aliphatic hydroxyl groups excluding tert-OH is 1. The van der Waals surface area contributed by atoms with Crippen LogP contribution in [0.2, 0.25) is 0 Å². The van der Waals surface area contributed by atoms with Crippen molar-refractivity contribution < 1.29 is 24.2 Å². The fourth-order valence-corrected chi connectivity index (χ4v) is 2.52. The Morgan fingerprint density at radius 1 is 1.12 bits per heavy atom. The Hall–Kier alpha value is -0.940. The first-order chi connectivity index (χ1) is 10.8. The summed E-state index contributed by atoms with van der Waals surface area (Å²) in [6.45, 7) is 11.5. The molecule has 5 heteroatoms. The smallest absolute Gasteiger partial charge is 0.313 e. The molecule has 0 bridgehead atoms. The van der Waals surface area contributed by atoms with Crippen LogP contribution in [0.25, 0.3) is 0 Å². The van der Waals surface area contributed by atoms with Crippen LogP contribution in [0.1, 0.15) is 80.1 Å². The van der Waals surface area contributed by atoms with Crippen LogP contribution in [0.3, 0.4) is 0 Å². The minimum absolute atomic E-state index is 0.00709. The van der Waals surface area contributed by atoms with Crippen LogP contribution in [0.15, 0.2) is 0 Å². The number of carbonyl (C=O) groups is 2. The van der Waals surface area contributed by atoms with E-state index in [4.69, 9.17) is 9.47 Å². The third-order valence-electron chi connectivity index (χ3n) is 3.93. The number of hydrogen-bond acceptors (Lipinski definition) is 5. The first kappa shape index (κ1) is 23.1. The second-order valence-corrected chi connectivity index (χ2v) is 8.36. The van der Waals surface area contributed by atoms with Crippen LogP contribution in [0.5, 0.6) is 0 Å². The maximum Gasteiger partial charge on any atom is 0.313 e. The number of rotatable bonds is 11. The quantitative estimate of drug-likeness (QED) is 0.457. The largest absolute Gasteiger partial charge is 0.460 e. The lowest BCUT2D eigenvalue weighted by Crippen LogP contribution is -2.26. The minimum Gasteiger partial charge on any atom is -0.460 e. The summed E-state index contributed by atoms with van der Waals surface area (Å²) in [7, 11) is 1.71. The highest BCUT2D eigenvalue weighted by Gasteiger charge is 2.22. The fourth-order valence-electron chi connectivity index (χ4n) is 2.52. The van der Waals surface area contributed by atoms with Crippen molar-refractivity contribution in [2.75, 3.05) is 7.11 Å². The zero-order chi connectivity index (χ0) is 19.0. The summed E-state index contributed by atoms with van der Waals surface area (Å²) < 4.78 is 10.5. The molecule has 0 aliphatic carbocycles. The number of carbonyl (C=O) groups excluding carboxylic acids is 2. The molecule has 2 unspecified atom stereocenters. The van der Waals surface area contributed by atoms with Crippen LogP contribution in [-0.4, -0.2) is 41.3 Å². The van der Waals surface area contributed by atoms with Crippen LogP contribution in [0.4, 0.5) is 0 Å². The molecule has 0 saturated heterocycles. The van der Waals surface area contributed by atoms with Crippen LogP contribution >= 0.6 is 0 Å². The van der Waals surface area contributed by atoms with Gasteiger partial charge in [-0.05, 0) is 53.4 Å². The summed E-state index contributed by atoms with van der Waals surface area (Å²) in [4.78, 5) is 23.4. The first-order valence-corrected chi connectivity index (χ1v) is 8.81. The van der Waals surface area contributed by atoms with E-state index in [2.05, 4.69) is 20.8 Å². The van der Waals surface area contributed by atoms with Crippen LogP contribution < -0.4 is 0 Å². The fraction of sp³-hybridized carbons (Fsp3) is 0.895. The van der Waals surface area contributed by atoms with E-state index in [-0.39, 0.29) is 24.2 Å². The molecule has 5 nitrogen and oxygen atoms in total. The molecule has 0 aromatic carbocycles. The molecular weight excluding hydrogens is 308 g/mol. The Labute approximate surface area is 147 Å². The van der Waals surface area contributed by atoms with Crippen molar-refractivity contribution in [3.63, 3.8) is 0 Å². The molecule has 0 spiro atoms. The maximum atomic E-state index is 11.8. The molecule has 0 fully saturated rings. The number of methoxy groups -OCH3 is 1. The van der Waals surface area contributed by atoms with Crippen molar-refractivity contribution >= 4 is 11.8 Å². The van der Waals surface area contributed by atoms with E-state index in [9.17, 15) is 14.7 Å². The van der Waals surface area contributed by atoms with Gasteiger partial charge in [0.25, 0.3) is 0 Å². The van der Waals surface area contributed by atoms with Gasteiger partial charge in [0.15, 0.2) is 0 Å². The Kier molecular flexibility index (Phi) is 9.74. The van der Waals surface area contributed by atoms with Crippen LogP contribution in [-0.2, 0) is 19.1 Å². The van der Waals surface area contributed by atoms with E-state index in [1.807, 2.05) is 0 Å². The number of hydrogen-bond donors (Lipinski definition) is 1. The second-order valence-electron chi connectivity index (χ2n) is 8.36. The number of ether oxygens (including phenoxy) is 2. The molecule has 0 aliphatic rings. The molecule has 0 aromatic rings. The van der Waals surface area contributed by atoms with Crippen molar-refractivity contribution in [2.24, 2.45) is 5.92 Å². The maximum absolute atomic E-state index is 11.8. The molecule has 0 radical (unpaired) electrons. The third kappa shape index (κ3) is 12.5. The van der Waals surface area contributed by atoms with E-state index in [1.165, 1.54) is 0 Å². The van der Waals surface area contributed by atoms with Crippen molar-refractivity contribution in [1.29, 1.82) is 0 Å². The van der Waals surface area contributed by atoms with Gasteiger partial charge in [-0.1, -0.05) is 19.8 Å². The average Bonchev–Trinajstić information content (AvgIpc) is 2.35. The van der Waals surface area contributed by atoms with Gasteiger partial charge in [-0.2, -0.15) is 0 Å². The molecule has 0 aliphatic heterocycles. The summed E-state index contributed by atoms with van der Waals surface area (Å²) >= 11 is 0. The van der Waals surface area contributed by atoms with Crippen molar-refractivity contribution in [1.82, 2.24) is 0 Å². The van der Waals surface area contributed by atoms with E-state index in [0.29, 0.717) is 12.3 Å². The standard InChI is InChI=1S/C19H36O5/c1-14(9-8-10-19(5,6)23-7)11-15(20)12-16(21)13-17(22)24-18(2,3)4/h14-15,20H,8-13H2,1-7H3. The number of ketones is 1. The van der Waals surface area contributed by atoms with Crippen LogP contribution in [0, 0.1) is 5.92 Å². The summed E-state index contributed by atoms with van der Waals surface area (Å²) in [5.74, 6) is -0.485. The predicted molar refractivity (Wildman–Crippen MR) is 94.8 cm³/mol. The predicted octanol–water partition coefficient (Wildman–Crippen LogP) is 3.66. The summed E-state index contributed by atoms with van der Waals surface area (Å²) in [5.41, 5.74) is -0.720. The zero-order valence-corrected chi connectivity index (χ0v) is 16.5. The van der Waals surface area contributed by atoms with E-state index < -0.39 is 17.7 Å². The van der Waals surface area contributed by atoms with Gasteiger partial charge >= 0.3 is 5.97 Å². The highest BCUT2D eigenvalue weighted by atomic mass is 16.6. The Balaban J connectivity index is 4.04. The van der Waals surface area contributed by atoms with Gasteiger partial charge in [-0.25, -0.2) is 0 Å². The second kappa shape index (κ2) is 10.1. The molecule has 0 amide bonds. The molecule has 1 N–H and O–H groups in total. The highest BCUT2D eigenvalue weighted by Crippen LogP contribution is 2.22. The molecule has 0 heterocycles. The molecule has 2 atom stereocenters. The average molecular weight is 344 g/mol. The Bertz CT molecular complexity index is 395. The minimum atomic E-state index is -0.703. The highest BCUT2D eigenvalue weighted by molar-refractivity contribution is 5.95.